The van der Waals surface area contributed by atoms with Crippen LogP contribution in [0.4, 0.5) is 21.7 Å². The number of benzene rings is 2. The quantitative estimate of drug-likeness (QED) is 0.350. The third kappa shape index (κ3) is 6.87. The summed E-state index contributed by atoms with van der Waals surface area (Å²) < 4.78 is 15.4. The summed E-state index contributed by atoms with van der Waals surface area (Å²) in [5.41, 5.74) is 3.19. The van der Waals surface area contributed by atoms with Crippen LogP contribution in [0, 0.1) is 22.6 Å². The number of nitrogens with zero attached hydrogens (tertiary/aromatic N) is 9. The first-order valence-electron chi connectivity index (χ1n) is 19.8. The summed E-state index contributed by atoms with van der Waals surface area (Å²) in [5.74, 6) is -2.30. The molecule has 5 saturated heterocycles. The molecule has 0 aliphatic carbocycles. The molecule has 6 aliphatic heterocycles. The van der Waals surface area contributed by atoms with Crippen LogP contribution < -0.4 is 20.0 Å². The summed E-state index contributed by atoms with van der Waals surface area (Å²) in [6.07, 6.45) is 7.23. The van der Waals surface area contributed by atoms with Crippen LogP contribution in [0.3, 0.4) is 0 Å². The Kier molecular flexibility index (Phi) is 9.61. The Labute approximate surface area is 335 Å². The lowest BCUT2D eigenvalue weighted by Crippen LogP contribution is -2.63. The number of anilines is 3. The molecule has 1 aromatic heterocycles. The van der Waals surface area contributed by atoms with Crippen molar-refractivity contribution in [3.05, 3.63) is 75.8 Å². The van der Waals surface area contributed by atoms with Crippen molar-refractivity contribution in [2.75, 3.05) is 73.6 Å². The minimum absolute atomic E-state index is 0.0234. The van der Waals surface area contributed by atoms with Crippen molar-refractivity contribution in [2.45, 2.75) is 63.7 Å². The molecule has 57 heavy (non-hydrogen) atoms. The molecule has 7 heterocycles. The average molecular weight is 795 g/mol. The van der Waals surface area contributed by atoms with Crippen LogP contribution in [0.25, 0.3) is 0 Å². The highest BCUT2D eigenvalue weighted by Gasteiger charge is 2.47. The molecular weight excluding hydrogens is 751 g/mol. The SMILES string of the molecule is C[C@H]1CC2(CCN(c3ncc(CN4CCN(C5CN(c6cc7c(cc6F)C(=O)N(C6CCC(=O)NC6=O)C7=O)C5)CC4)cn3)CC2)CN1c1ccc(C#N)c(Cl)c1. The van der Waals surface area contributed by atoms with Gasteiger partial charge in [0.25, 0.3) is 11.8 Å². The van der Waals surface area contributed by atoms with Crippen molar-refractivity contribution < 1.29 is 23.6 Å². The van der Waals surface area contributed by atoms with Crippen molar-refractivity contribution in [3.63, 3.8) is 0 Å². The third-order valence-electron chi connectivity index (χ3n) is 13.0. The lowest BCUT2D eigenvalue weighted by atomic mass is 9.77. The molecule has 2 atom stereocenters. The Hall–Kier alpha value is -5.17. The molecule has 16 heteroatoms. The van der Waals surface area contributed by atoms with E-state index in [0.29, 0.717) is 29.7 Å². The smallest absolute Gasteiger partial charge is 0.262 e. The summed E-state index contributed by atoms with van der Waals surface area (Å²) in [6, 6.07) is 9.96. The van der Waals surface area contributed by atoms with Gasteiger partial charge in [0.05, 0.1) is 27.4 Å². The maximum Gasteiger partial charge on any atom is 0.262 e. The molecule has 1 N–H and O–H groups in total. The molecule has 5 fully saturated rings. The lowest BCUT2D eigenvalue weighted by molar-refractivity contribution is -0.136. The van der Waals surface area contributed by atoms with Crippen LogP contribution in [0.1, 0.15) is 70.9 Å². The van der Waals surface area contributed by atoms with Gasteiger partial charge >= 0.3 is 0 Å². The molecule has 1 unspecified atom stereocenters. The van der Waals surface area contributed by atoms with Crippen LogP contribution >= 0.6 is 11.6 Å². The maximum absolute atomic E-state index is 15.4. The minimum Gasteiger partial charge on any atom is -0.368 e. The molecule has 0 radical (unpaired) electrons. The first-order chi connectivity index (χ1) is 27.5. The van der Waals surface area contributed by atoms with Gasteiger partial charge < -0.3 is 14.7 Å². The Morgan fingerprint density at radius 1 is 0.947 bits per heavy atom. The van der Waals surface area contributed by atoms with E-state index in [0.717, 1.165) is 99.8 Å². The van der Waals surface area contributed by atoms with Crippen molar-refractivity contribution in [1.82, 2.24) is 30.0 Å². The summed E-state index contributed by atoms with van der Waals surface area (Å²) in [5, 5.41) is 12.0. The Morgan fingerprint density at radius 3 is 2.32 bits per heavy atom. The average Bonchev–Trinajstić information content (AvgIpc) is 3.63. The number of amides is 4. The van der Waals surface area contributed by atoms with E-state index in [4.69, 9.17) is 21.6 Å². The molecule has 0 bridgehead atoms. The first kappa shape index (κ1) is 37.4. The highest BCUT2D eigenvalue weighted by Crippen LogP contribution is 2.46. The number of carbonyl (C=O) groups is 4. The van der Waals surface area contributed by atoms with Gasteiger partial charge in [-0.3, -0.25) is 39.2 Å². The zero-order valence-corrected chi connectivity index (χ0v) is 32.5. The Morgan fingerprint density at radius 2 is 1.65 bits per heavy atom. The molecule has 6 aliphatic rings. The van der Waals surface area contributed by atoms with E-state index in [2.05, 4.69) is 37.9 Å². The van der Waals surface area contributed by atoms with Crippen LogP contribution in [0.2, 0.25) is 5.02 Å². The molecule has 296 valence electrons. The van der Waals surface area contributed by atoms with E-state index in [1.165, 1.54) is 6.07 Å². The van der Waals surface area contributed by atoms with Gasteiger partial charge in [-0.05, 0) is 68.4 Å². The zero-order valence-electron chi connectivity index (χ0n) is 31.8. The highest BCUT2D eigenvalue weighted by atomic mass is 35.5. The van der Waals surface area contributed by atoms with Gasteiger partial charge in [0.15, 0.2) is 0 Å². The van der Waals surface area contributed by atoms with Gasteiger partial charge in [0, 0.05) is 108 Å². The summed E-state index contributed by atoms with van der Waals surface area (Å²) in [4.78, 5) is 72.2. The Balaban J connectivity index is 0.735. The van der Waals surface area contributed by atoms with Gasteiger partial charge in [-0.1, -0.05) is 11.6 Å². The van der Waals surface area contributed by atoms with Crippen molar-refractivity contribution in [3.8, 4) is 6.07 Å². The maximum atomic E-state index is 15.4. The second-order valence-corrected chi connectivity index (χ2v) is 16.9. The van der Waals surface area contributed by atoms with Gasteiger partial charge in [-0.15, -0.1) is 0 Å². The number of fused-ring (bicyclic) bond motifs is 1. The molecule has 3 aromatic rings. The van der Waals surface area contributed by atoms with Crippen molar-refractivity contribution in [1.29, 1.82) is 5.26 Å². The number of halogens is 2. The van der Waals surface area contributed by atoms with Crippen molar-refractivity contribution in [2.24, 2.45) is 5.41 Å². The standard InChI is InChI=1S/C41H44ClFN10O4/c1-25-17-41(24-52(25)28-3-2-27(18-44)32(42)14-28)6-8-50(9-7-41)40-45-19-26(20-46-40)21-48-10-12-49(13-11-48)29-22-51(23-29)35-16-31-30(15-33(35)43)38(56)53(39(31)57)34-4-5-36(54)47-37(34)55/h2-3,14-16,19-20,25,29,34H,4-13,17,21-24H2,1H3,(H,47,54,55)/t25-,34?/m0/s1. The number of hydrogen-bond donors (Lipinski definition) is 1. The number of nitrogens with one attached hydrogen (secondary N) is 1. The van der Waals surface area contributed by atoms with Crippen molar-refractivity contribution >= 4 is 52.6 Å². The van der Waals surface area contributed by atoms with E-state index in [1.54, 1.807) is 0 Å². The lowest BCUT2D eigenvalue weighted by Gasteiger charge is -2.49. The molecule has 9 rings (SSSR count). The van der Waals surface area contributed by atoms with Gasteiger partial charge in [-0.2, -0.15) is 5.26 Å². The number of rotatable bonds is 7. The molecule has 14 nitrogen and oxygen atoms in total. The predicted molar refractivity (Wildman–Crippen MR) is 209 cm³/mol. The van der Waals surface area contributed by atoms with Gasteiger partial charge in [-0.25, -0.2) is 14.4 Å². The second-order valence-electron chi connectivity index (χ2n) is 16.5. The number of imide groups is 2. The molecular formula is C41H44ClFN10O4. The predicted octanol–water partition coefficient (Wildman–Crippen LogP) is 3.43. The van der Waals surface area contributed by atoms with E-state index in [1.807, 2.05) is 35.5 Å². The summed E-state index contributed by atoms with van der Waals surface area (Å²) in [6.45, 7) is 10.6. The third-order valence-corrected chi connectivity index (χ3v) is 13.3. The number of hydrogen-bond acceptors (Lipinski definition) is 12. The van der Waals surface area contributed by atoms with Crippen LogP contribution in [-0.2, 0) is 16.1 Å². The number of piperidine rings is 2. The Bertz CT molecular complexity index is 2180. The number of aromatic nitrogens is 2. The molecule has 2 aromatic carbocycles. The number of piperazine rings is 1. The van der Waals surface area contributed by atoms with Gasteiger partial charge in [0.2, 0.25) is 17.8 Å². The second kappa shape index (κ2) is 14.6. The van der Waals surface area contributed by atoms with Crippen LogP contribution in [0.15, 0.2) is 42.7 Å². The minimum atomic E-state index is -1.09. The first-order valence-corrected chi connectivity index (χ1v) is 20.2. The molecule has 4 amide bonds. The summed E-state index contributed by atoms with van der Waals surface area (Å²) in [7, 11) is 0. The fourth-order valence-electron chi connectivity index (χ4n) is 9.72. The summed E-state index contributed by atoms with van der Waals surface area (Å²) >= 11 is 6.37. The topological polar surface area (TPSA) is 149 Å². The van der Waals surface area contributed by atoms with Crippen LogP contribution in [-0.4, -0.2) is 125 Å². The van der Waals surface area contributed by atoms with E-state index in [9.17, 15) is 24.4 Å². The normalized spacial score (nSPS) is 24.2. The zero-order chi connectivity index (χ0) is 39.6. The number of nitriles is 1. The fraction of sp³-hybridized carbons (Fsp3) is 0.488. The van der Waals surface area contributed by atoms with Crippen LogP contribution in [0.5, 0.6) is 0 Å². The molecule has 0 saturated carbocycles. The fourth-order valence-corrected chi connectivity index (χ4v) is 9.94. The largest absolute Gasteiger partial charge is 0.368 e. The van der Waals surface area contributed by atoms with E-state index >= 15 is 4.39 Å². The van der Waals surface area contributed by atoms with E-state index < -0.39 is 35.5 Å². The monoisotopic (exact) mass is 794 g/mol. The van der Waals surface area contributed by atoms with E-state index in [-0.39, 0.29) is 41.1 Å². The molecule has 1 spiro atoms. The van der Waals surface area contributed by atoms with Gasteiger partial charge in [0.1, 0.15) is 17.9 Å². The highest BCUT2D eigenvalue weighted by molar-refractivity contribution is 6.32. The number of carbonyl (C=O) groups excluding carboxylic acids is 4.